The van der Waals surface area contributed by atoms with E-state index in [1.54, 1.807) is 0 Å². The molecule has 4 aliphatic carbocycles. The number of ketones is 1. The highest BCUT2D eigenvalue weighted by atomic mass is 16.1. The van der Waals surface area contributed by atoms with Crippen LogP contribution in [0.25, 0.3) is 0 Å². The Labute approximate surface area is 155 Å². The molecule has 3 heteroatoms. The van der Waals surface area contributed by atoms with Crippen molar-refractivity contribution in [3.05, 3.63) is 53.9 Å². The van der Waals surface area contributed by atoms with Crippen LogP contribution in [0.2, 0.25) is 0 Å². The molecule has 4 fully saturated rings. The van der Waals surface area contributed by atoms with E-state index in [0.29, 0.717) is 17.5 Å². The second-order valence-corrected chi connectivity index (χ2v) is 9.22. The number of hydrogen-bond acceptors (Lipinski definition) is 2. The Morgan fingerprint density at radius 3 is 2.31 bits per heavy atom. The summed E-state index contributed by atoms with van der Waals surface area (Å²) in [6.45, 7) is 0.725. The molecule has 0 radical (unpaired) electrons. The average molecular weight is 348 g/mol. The molecule has 1 heterocycles. The maximum atomic E-state index is 12.7. The molecule has 4 saturated carbocycles. The van der Waals surface area contributed by atoms with Gasteiger partial charge in [0.2, 0.25) is 0 Å². The summed E-state index contributed by atoms with van der Waals surface area (Å²) in [5, 5.41) is 4.54. The number of carbonyl (C=O) groups is 1. The number of carbonyl (C=O) groups excluding carboxylic acids is 1. The van der Waals surface area contributed by atoms with Crippen LogP contribution in [0.5, 0.6) is 0 Å². The average Bonchev–Trinajstić information content (AvgIpc) is 3.08. The van der Waals surface area contributed by atoms with Crippen LogP contribution < -0.4 is 0 Å². The van der Waals surface area contributed by atoms with Gasteiger partial charge in [-0.25, -0.2) is 0 Å². The third-order valence-corrected chi connectivity index (χ3v) is 7.16. The first kappa shape index (κ1) is 16.3. The third-order valence-electron chi connectivity index (χ3n) is 7.16. The normalized spacial score (nSPS) is 32.1. The Hall–Kier alpha value is -1.90. The largest absolute Gasteiger partial charge is 0.292 e. The maximum Gasteiger partial charge on any atom is 0.183 e. The van der Waals surface area contributed by atoms with E-state index in [-0.39, 0.29) is 5.78 Å². The fourth-order valence-corrected chi connectivity index (χ4v) is 6.47. The minimum Gasteiger partial charge on any atom is -0.292 e. The quantitative estimate of drug-likeness (QED) is 0.680. The molecule has 0 amide bonds. The zero-order valence-electron chi connectivity index (χ0n) is 15.4. The number of benzene rings is 1. The fourth-order valence-electron chi connectivity index (χ4n) is 6.47. The lowest BCUT2D eigenvalue weighted by Crippen LogP contribution is -2.46. The summed E-state index contributed by atoms with van der Waals surface area (Å²) in [4.78, 5) is 12.7. The summed E-state index contributed by atoms with van der Waals surface area (Å²) in [5.41, 5.74) is 2.34. The van der Waals surface area contributed by atoms with E-state index in [2.05, 4.69) is 17.2 Å². The summed E-state index contributed by atoms with van der Waals surface area (Å²) in [6.07, 6.45) is 12.3. The van der Waals surface area contributed by atoms with Crippen LogP contribution in [0.15, 0.2) is 42.6 Å². The van der Waals surface area contributed by atoms with Crippen molar-refractivity contribution >= 4 is 5.78 Å². The minimum absolute atomic E-state index is 0.229. The van der Waals surface area contributed by atoms with Crippen molar-refractivity contribution in [1.82, 2.24) is 9.78 Å². The van der Waals surface area contributed by atoms with Gasteiger partial charge in [0.1, 0.15) is 5.69 Å². The van der Waals surface area contributed by atoms with Crippen molar-refractivity contribution in [3.8, 4) is 0 Å². The second-order valence-electron chi connectivity index (χ2n) is 9.22. The zero-order valence-corrected chi connectivity index (χ0v) is 15.4. The van der Waals surface area contributed by atoms with Crippen LogP contribution in [0.1, 0.15) is 67.4 Å². The Kier molecular flexibility index (Phi) is 3.99. The molecule has 136 valence electrons. The summed E-state index contributed by atoms with van der Waals surface area (Å²) >= 11 is 0. The molecule has 1 aromatic carbocycles. The lowest BCUT2D eigenvalue weighted by molar-refractivity contribution is -0.0570. The molecular weight excluding hydrogens is 320 g/mol. The highest BCUT2D eigenvalue weighted by Crippen LogP contribution is 2.61. The monoisotopic (exact) mass is 348 g/mol. The topological polar surface area (TPSA) is 34.9 Å². The fraction of sp³-hybridized carbons (Fsp3) is 0.565. The molecule has 1 aromatic heterocycles. The molecule has 4 bridgehead atoms. The smallest absolute Gasteiger partial charge is 0.183 e. The van der Waals surface area contributed by atoms with Crippen molar-refractivity contribution in [2.24, 2.45) is 23.2 Å². The summed E-state index contributed by atoms with van der Waals surface area (Å²) in [5.74, 6) is 3.11. The zero-order chi connectivity index (χ0) is 17.6. The predicted molar refractivity (Wildman–Crippen MR) is 102 cm³/mol. The van der Waals surface area contributed by atoms with E-state index < -0.39 is 0 Å². The van der Waals surface area contributed by atoms with Crippen LogP contribution in [-0.4, -0.2) is 15.6 Å². The molecule has 3 nitrogen and oxygen atoms in total. The summed E-state index contributed by atoms with van der Waals surface area (Å²) in [7, 11) is 0. The third kappa shape index (κ3) is 3.13. The number of rotatable bonds is 6. The van der Waals surface area contributed by atoms with Crippen LogP contribution in [0.3, 0.4) is 0 Å². The van der Waals surface area contributed by atoms with E-state index in [0.717, 1.165) is 30.7 Å². The van der Waals surface area contributed by atoms with Gasteiger partial charge in [-0.15, -0.1) is 0 Å². The number of aromatic nitrogens is 2. The van der Waals surface area contributed by atoms with Crippen molar-refractivity contribution in [2.45, 2.75) is 57.9 Å². The van der Waals surface area contributed by atoms with Crippen molar-refractivity contribution in [2.75, 3.05) is 0 Å². The summed E-state index contributed by atoms with van der Waals surface area (Å²) in [6, 6.07) is 12.2. The molecule has 6 rings (SSSR count). The highest BCUT2D eigenvalue weighted by molar-refractivity contribution is 5.94. The van der Waals surface area contributed by atoms with Crippen LogP contribution in [-0.2, 0) is 6.54 Å². The van der Waals surface area contributed by atoms with Gasteiger partial charge in [0.05, 0.1) is 6.54 Å². The van der Waals surface area contributed by atoms with E-state index in [1.807, 2.05) is 35.1 Å². The molecule has 0 N–H and O–H groups in total. The van der Waals surface area contributed by atoms with Crippen molar-refractivity contribution < 1.29 is 4.79 Å². The van der Waals surface area contributed by atoms with E-state index in [4.69, 9.17) is 0 Å². The second kappa shape index (κ2) is 6.37. The van der Waals surface area contributed by atoms with Gasteiger partial charge < -0.3 is 0 Å². The standard InChI is InChI=1S/C23H28N2O/c26-22(21-7-9-25(24-21)16-17-4-2-1-3-5-17)6-8-23-13-18-10-19(14-23)12-20(11-18)15-23/h1-5,7,9,18-20H,6,8,10-16H2. The number of nitrogens with zero attached hydrogens (tertiary/aromatic N) is 2. The minimum atomic E-state index is 0.229. The van der Waals surface area contributed by atoms with Gasteiger partial charge >= 0.3 is 0 Å². The number of Topliss-reactive ketones (excluding diaryl/α,β-unsaturated/α-hetero) is 1. The van der Waals surface area contributed by atoms with Crippen molar-refractivity contribution in [3.63, 3.8) is 0 Å². The first-order valence-electron chi connectivity index (χ1n) is 10.3. The molecule has 0 unspecified atom stereocenters. The Bertz CT molecular complexity index is 756. The van der Waals surface area contributed by atoms with Crippen molar-refractivity contribution in [1.29, 1.82) is 0 Å². The van der Waals surface area contributed by atoms with Gasteiger partial charge in [0.25, 0.3) is 0 Å². The van der Waals surface area contributed by atoms with E-state index >= 15 is 0 Å². The lowest BCUT2D eigenvalue weighted by atomic mass is 9.48. The lowest BCUT2D eigenvalue weighted by Gasteiger charge is -2.57. The SMILES string of the molecule is O=C(CCC12CC3CC(CC(C3)C1)C2)c1ccn(Cc2ccccc2)n1. The predicted octanol–water partition coefficient (Wildman–Crippen LogP) is 5.11. The Morgan fingerprint density at radius 2 is 1.65 bits per heavy atom. The van der Waals surface area contributed by atoms with Crippen LogP contribution >= 0.6 is 0 Å². The number of hydrogen-bond donors (Lipinski definition) is 0. The van der Waals surface area contributed by atoms with Gasteiger partial charge in [-0.1, -0.05) is 30.3 Å². The molecule has 26 heavy (non-hydrogen) atoms. The van der Waals surface area contributed by atoms with Crippen LogP contribution in [0.4, 0.5) is 0 Å². The van der Waals surface area contributed by atoms with E-state index in [1.165, 1.54) is 44.1 Å². The van der Waals surface area contributed by atoms with Gasteiger partial charge in [-0.2, -0.15) is 5.10 Å². The first-order valence-corrected chi connectivity index (χ1v) is 10.3. The van der Waals surface area contributed by atoms with Gasteiger partial charge in [0, 0.05) is 12.6 Å². The molecule has 0 saturated heterocycles. The highest BCUT2D eigenvalue weighted by Gasteiger charge is 2.50. The first-order chi connectivity index (χ1) is 12.7. The van der Waals surface area contributed by atoms with E-state index in [9.17, 15) is 4.79 Å². The molecule has 2 aromatic rings. The molecular formula is C23H28N2O. The Morgan fingerprint density at radius 1 is 1.00 bits per heavy atom. The van der Waals surface area contributed by atoms with Gasteiger partial charge in [-0.3, -0.25) is 9.48 Å². The molecule has 0 aliphatic heterocycles. The van der Waals surface area contributed by atoms with Crippen LogP contribution in [0, 0.1) is 23.2 Å². The maximum absolute atomic E-state index is 12.7. The van der Waals surface area contributed by atoms with Gasteiger partial charge in [0.15, 0.2) is 5.78 Å². The molecule has 0 spiro atoms. The summed E-state index contributed by atoms with van der Waals surface area (Å²) < 4.78 is 1.88. The molecule has 0 atom stereocenters. The van der Waals surface area contributed by atoms with Gasteiger partial charge in [-0.05, 0) is 79.7 Å². The molecule has 4 aliphatic rings. The Balaban J connectivity index is 1.21.